The maximum atomic E-state index is 12.7. The predicted octanol–water partition coefficient (Wildman–Crippen LogP) is -1.13. The van der Waals surface area contributed by atoms with Crippen LogP contribution in [-0.2, 0) is 19.4 Å². The van der Waals surface area contributed by atoms with Crippen LogP contribution in [0.25, 0.3) is 0 Å². The van der Waals surface area contributed by atoms with Crippen LogP contribution in [0.4, 0.5) is 5.82 Å². The number of amides is 2. The predicted molar refractivity (Wildman–Crippen MR) is 118 cm³/mol. The van der Waals surface area contributed by atoms with E-state index < -0.39 is 9.84 Å². The number of nitrogens with zero attached hydrogens (tertiary/aromatic N) is 5. The Morgan fingerprint density at radius 3 is 2.28 bits per heavy atom. The van der Waals surface area contributed by atoms with Gasteiger partial charge in [0.05, 0.1) is 24.6 Å². The second kappa shape index (κ2) is 9.86. The second-order valence-electron chi connectivity index (χ2n) is 8.90. The number of carbonyl (C=O) groups is 2. The average molecular weight is 469 g/mol. The van der Waals surface area contributed by atoms with E-state index in [-0.39, 0.29) is 35.9 Å². The molecule has 0 radical (unpaired) electrons. The number of carbonyl (C=O) groups excluding carboxylic acids is 2. The minimum atomic E-state index is -2.89. The van der Waals surface area contributed by atoms with Gasteiger partial charge in [0.1, 0.15) is 5.76 Å². The Kier molecular flexibility index (Phi) is 7.13. The molecule has 3 aliphatic heterocycles. The van der Waals surface area contributed by atoms with Gasteiger partial charge in [-0.2, -0.15) is 0 Å². The summed E-state index contributed by atoms with van der Waals surface area (Å²) in [7, 11) is -2.89. The number of aromatic nitrogens is 1. The van der Waals surface area contributed by atoms with E-state index in [1.165, 1.54) is 0 Å². The molecular weight excluding hydrogens is 436 g/mol. The number of hydrogen-bond donors (Lipinski definition) is 1. The van der Waals surface area contributed by atoms with Crippen molar-refractivity contribution in [3.8, 4) is 0 Å². The number of rotatable bonds is 6. The standard InChI is InChI=1S/C20H32N6O5S/c1-16-12-18(22-31-16)21-19(27)13-23-3-5-24(6-4-23)14-20(28)26-9-7-25(8-10-26)17-2-11-32(29,30)15-17/h12,17H,2-11,13-15H2,1H3,(H,21,22,27). The highest BCUT2D eigenvalue weighted by atomic mass is 32.2. The van der Waals surface area contributed by atoms with E-state index in [4.69, 9.17) is 4.52 Å². The van der Waals surface area contributed by atoms with Gasteiger partial charge >= 0.3 is 0 Å². The Hall–Kier alpha value is -2.02. The molecule has 3 aliphatic rings. The topological polar surface area (TPSA) is 119 Å². The number of hydrogen-bond acceptors (Lipinski definition) is 9. The molecule has 0 aliphatic carbocycles. The van der Waals surface area contributed by atoms with E-state index in [0.29, 0.717) is 37.6 Å². The van der Waals surface area contributed by atoms with Crippen molar-refractivity contribution in [1.82, 2.24) is 24.8 Å². The first-order valence-electron chi connectivity index (χ1n) is 11.2. The largest absolute Gasteiger partial charge is 0.360 e. The molecule has 11 nitrogen and oxygen atoms in total. The molecule has 32 heavy (non-hydrogen) atoms. The molecule has 3 fully saturated rings. The molecule has 3 saturated heterocycles. The third-order valence-corrected chi connectivity index (χ3v) is 8.23. The first-order chi connectivity index (χ1) is 15.3. The summed E-state index contributed by atoms with van der Waals surface area (Å²) >= 11 is 0. The Morgan fingerprint density at radius 2 is 1.72 bits per heavy atom. The molecule has 0 bridgehead atoms. The lowest BCUT2D eigenvalue weighted by molar-refractivity contribution is -0.135. The van der Waals surface area contributed by atoms with E-state index in [9.17, 15) is 18.0 Å². The minimum absolute atomic E-state index is 0.107. The molecule has 0 saturated carbocycles. The van der Waals surface area contributed by atoms with E-state index >= 15 is 0 Å². The van der Waals surface area contributed by atoms with Crippen molar-refractivity contribution < 1.29 is 22.5 Å². The summed E-state index contributed by atoms with van der Waals surface area (Å²) < 4.78 is 28.4. The van der Waals surface area contributed by atoms with Crippen LogP contribution in [0.3, 0.4) is 0 Å². The van der Waals surface area contributed by atoms with Crippen LogP contribution < -0.4 is 5.32 Å². The summed E-state index contributed by atoms with van der Waals surface area (Å²) in [6, 6.07) is 1.78. The minimum Gasteiger partial charge on any atom is -0.360 e. The number of aryl methyl sites for hydroxylation is 1. The molecule has 1 aromatic rings. The van der Waals surface area contributed by atoms with E-state index in [0.717, 1.165) is 39.3 Å². The van der Waals surface area contributed by atoms with Gasteiger partial charge in [-0.25, -0.2) is 8.42 Å². The highest BCUT2D eigenvalue weighted by Crippen LogP contribution is 2.19. The summed E-state index contributed by atoms with van der Waals surface area (Å²) in [5, 5.41) is 6.49. The maximum Gasteiger partial charge on any atom is 0.239 e. The third-order valence-electron chi connectivity index (χ3n) is 6.48. The van der Waals surface area contributed by atoms with Crippen molar-refractivity contribution in [3.05, 3.63) is 11.8 Å². The van der Waals surface area contributed by atoms with Crippen molar-refractivity contribution in [2.45, 2.75) is 19.4 Å². The fourth-order valence-electron chi connectivity index (χ4n) is 4.61. The fraction of sp³-hybridized carbons (Fsp3) is 0.750. The first-order valence-corrected chi connectivity index (χ1v) is 13.0. The first kappa shape index (κ1) is 23.1. The van der Waals surface area contributed by atoms with Crippen molar-refractivity contribution in [2.75, 3.05) is 82.3 Å². The van der Waals surface area contributed by atoms with Crippen LogP contribution >= 0.6 is 0 Å². The number of anilines is 1. The molecular formula is C20H32N6O5S. The van der Waals surface area contributed by atoms with Gasteiger partial charge in [-0.15, -0.1) is 0 Å². The normalized spacial score (nSPS) is 25.2. The van der Waals surface area contributed by atoms with Gasteiger partial charge in [-0.1, -0.05) is 5.16 Å². The zero-order valence-electron chi connectivity index (χ0n) is 18.5. The van der Waals surface area contributed by atoms with Crippen molar-refractivity contribution >= 4 is 27.5 Å². The van der Waals surface area contributed by atoms with Crippen molar-refractivity contribution in [3.63, 3.8) is 0 Å². The van der Waals surface area contributed by atoms with Crippen LogP contribution in [0.2, 0.25) is 0 Å². The Bertz CT molecular complexity index is 919. The number of nitrogens with one attached hydrogen (secondary N) is 1. The van der Waals surface area contributed by atoms with Gasteiger partial charge in [0, 0.05) is 64.5 Å². The van der Waals surface area contributed by atoms with Crippen molar-refractivity contribution in [1.29, 1.82) is 0 Å². The fourth-order valence-corrected chi connectivity index (χ4v) is 6.37. The molecule has 1 atom stereocenters. The lowest BCUT2D eigenvalue weighted by Crippen LogP contribution is -2.55. The molecule has 4 heterocycles. The SMILES string of the molecule is Cc1cc(NC(=O)CN2CCN(CC(=O)N3CCN(C4CCS(=O)(=O)C4)CC3)CC2)no1. The summed E-state index contributed by atoms with van der Waals surface area (Å²) in [4.78, 5) is 33.2. The highest BCUT2D eigenvalue weighted by Gasteiger charge is 2.34. The molecule has 2 amide bonds. The van der Waals surface area contributed by atoms with Gasteiger partial charge in [-0.3, -0.25) is 24.3 Å². The van der Waals surface area contributed by atoms with E-state index in [1.807, 2.05) is 4.90 Å². The molecule has 1 unspecified atom stereocenters. The average Bonchev–Trinajstić information content (AvgIpc) is 3.33. The van der Waals surface area contributed by atoms with Crippen LogP contribution in [0.15, 0.2) is 10.6 Å². The monoisotopic (exact) mass is 468 g/mol. The molecule has 0 spiro atoms. The lowest BCUT2D eigenvalue weighted by atomic mass is 10.2. The number of sulfone groups is 1. The van der Waals surface area contributed by atoms with E-state index in [2.05, 4.69) is 25.2 Å². The van der Waals surface area contributed by atoms with Gasteiger partial charge in [0.2, 0.25) is 11.8 Å². The Balaban J connectivity index is 1.14. The van der Waals surface area contributed by atoms with Gasteiger partial charge in [0.25, 0.3) is 0 Å². The van der Waals surface area contributed by atoms with Crippen molar-refractivity contribution in [2.24, 2.45) is 0 Å². The Morgan fingerprint density at radius 1 is 1.06 bits per heavy atom. The molecule has 1 aromatic heterocycles. The van der Waals surface area contributed by atoms with Crippen LogP contribution in [0.5, 0.6) is 0 Å². The highest BCUT2D eigenvalue weighted by molar-refractivity contribution is 7.91. The van der Waals surface area contributed by atoms with Gasteiger partial charge < -0.3 is 14.7 Å². The summed E-state index contributed by atoms with van der Waals surface area (Å²) in [6.07, 6.45) is 0.705. The summed E-state index contributed by atoms with van der Waals surface area (Å²) in [5.74, 6) is 1.59. The number of piperazine rings is 2. The molecule has 178 valence electrons. The zero-order valence-corrected chi connectivity index (χ0v) is 19.3. The molecule has 0 aromatic carbocycles. The van der Waals surface area contributed by atoms with Crippen LogP contribution in [0.1, 0.15) is 12.2 Å². The lowest BCUT2D eigenvalue weighted by Gasteiger charge is -2.39. The van der Waals surface area contributed by atoms with Crippen LogP contribution in [-0.4, -0.2) is 128 Å². The van der Waals surface area contributed by atoms with E-state index in [1.54, 1.807) is 13.0 Å². The van der Waals surface area contributed by atoms with Gasteiger partial charge in [-0.05, 0) is 13.3 Å². The Labute approximate surface area is 188 Å². The second-order valence-corrected chi connectivity index (χ2v) is 11.1. The quantitative estimate of drug-likeness (QED) is 0.553. The molecule has 4 rings (SSSR count). The smallest absolute Gasteiger partial charge is 0.239 e. The maximum absolute atomic E-state index is 12.7. The third kappa shape index (κ3) is 6.06. The van der Waals surface area contributed by atoms with Gasteiger partial charge in [0.15, 0.2) is 15.7 Å². The zero-order chi connectivity index (χ0) is 22.7. The summed E-state index contributed by atoms with van der Waals surface area (Å²) in [5.41, 5.74) is 0. The molecule has 1 N–H and O–H groups in total. The van der Waals surface area contributed by atoms with Crippen LogP contribution in [0, 0.1) is 6.92 Å². The summed E-state index contributed by atoms with van der Waals surface area (Å²) in [6.45, 7) is 8.14. The molecule has 12 heteroatoms.